The molecule has 1 aromatic rings. The zero-order valence-electron chi connectivity index (χ0n) is 16.0. The summed E-state index contributed by atoms with van der Waals surface area (Å²) in [5.74, 6) is 0.846. The van der Waals surface area contributed by atoms with Crippen LogP contribution < -0.4 is 10.1 Å². The van der Waals surface area contributed by atoms with Gasteiger partial charge in [0.2, 0.25) is 0 Å². The Morgan fingerprint density at radius 1 is 0.880 bits per heavy atom. The van der Waals surface area contributed by atoms with Crippen LogP contribution in [0.4, 0.5) is 5.69 Å². The van der Waals surface area contributed by atoms with Gasteiger partial charge in [-0.15, -0.1) is 0 Å². The highest BCUT2D eigenvalue weighted by Crippen LogP contribution is 2.15. The van der Waals surface area contributed by atoms with Gasteiger partial charge in [0.25, 0.3) is 0 Å². The molecule has 6 nitrogen and oxygen atoms in total. The molecule has 25 heavy (non-hydrogen) atoms. The Labute approximate surface area is 151 Å². The quantitative estimate of drug-likeness (QED) is 0.517. The topological polar surface area (TPSA) is 66.0 Å². The van der Waals surface area contributed by atoms with E-state index in [4.69, 9.17) is 18.9 Å². The third kappa shape index (κ3) is 14.4. The molecular formula is C19H33NO5. The minimum atomic E-state index is 0.0181. The maximum Gasteiger partial charge on any atom is 0.155 e. The van der Waals surface area contributed by atoms with Gasteiger partial charge in [-0.05, 0) is 38.1 Å². The predicted octanol–water partition coefficient (Wildman–Crippen LogP) is 3.16. The van der Waals surface area contributed by atoms with E-state index in [1.54, 1.807) is 0 Å². The molecule has 0 aliphatic rings. The van der Waals surface area contributed by atoms with E-state index < -0.39 is 0 Å². The maximum atomic E-state index is 10.6. The summed E-state index contributed by atoms with van der Waals surface area (Å²) in [6.45, 7) is 11.5. The van der Waals surface area contributed by atoms with Crippen LogP contribution in [-0.4, -0.2) is 58.6 Å². The van der Waals surface area contributed by atoms with Gasteiger partial charge in [0.05, 0.1) is 33.0 Å². The van der Waals surface area contributed by atoms with Crippen molar-refractivity contribution in [2.45, 2.75) is 27.7 Å². The number of benzene rings is 1. The third-order valence-corrected chi connectivity index (χ3v) is 2.78. The van der Waals surface area contributed by atoms with Gasteiger partial charge < -0.3 is 24.3 Å². The summed E-state index contributed by atoms with van der Waals surface area (Å²) in [5, 5.41) is 3.23. The number of carbonyl (C=O) groups is 1. The Morgan fingerprint density at radius 2 is 1.40 bits per heavy atom. The molecule has 144 valence electrons. The van der Waals surface area contributed by atoms with Crippen molar-refractivity contribution in [3.8, 4) is 5.75 Å². The molecule has 0 spiro atoms. The average molecular weight is 355 g/mol. The highest BCUT2D eigenvalue weighted by Gasteiger charge is 1.96. The SMILES string of the molecule is CC.CCNc1ccc(OCCOCCOCCOCC(C)=O)cc1. The first-order chi connectivity index (χ1) is 12.2. The summed E-state index contributed by atoms with van der Waals surface area (Å²) in [6.07, 6.45) is 0. The summed E-state index contributed by atoms with van der Waals surface area (Å²) in [5.41, 5.74) is 1.08. The molecule has 0 saturated carbocycles. The van der Waals surface area contributed by atoms with Crippen LogP contribution in [-0.2, 0) is 19.0 Å². The monoisotopic (exact) mass is 355 g/mol. The lowest BCUT2D eigenvalue weighted by Gasteiger charge is -2.09. The average Bonchev–Trinajstić information content (AvgIpc) is 2.63. The normalized spacial score (nSPS) is 9.92. The minimum Gasteiger partial charge on any atom is -0.491 e. The van der Waals surface area contributed by atoms with Crippen molar-refractivity contribution < 1.29 is 23.7 Å². The van der Waals surface area contributed by atoms with Gasteiger partial charge in [-0.25, -0.2) is 0 Å². The fourth-order valence-corrected chi connectivity index (χ4v) is 1.75. The molecule has 1 aromatic carbocycles. The van der Waals surface area contributed by atoms with Crippen LogP contribution in [0.1, 0.15) is 27.7 Å². The highest BCUT2D eigenvalue weighted by atomic mass is 16.6. The first-order valence-electron chi connectivity index (χ1n) is 8.91. The van der Waals surface area contributed by atoms with Gasteiger partial charge in [0.15, 0.2) is 5.78 Å². The molecule has 0 amide bonds. The van der Waals surface area contributed by atoms with Gasteiger partial charge in [0, 0.05) is 12.2 Å². The number of carbonyl (C=O) groups excluding carboxylic acids is 1. The molecule has 0 aliphatic heterocycles. The zero-order valence-corrected chi connectivity index (χ0v) is 16.0. The van der Waals surface area contributed by atoms with Gasteiger partial charge in [0.1, 0.15) is 19.0 Å². The second kappa shape index (κ2) is 17.2. The van der Waals surface area contributed by atoms with Crippen LogP contribution in [0.3, 0.4) is 0 Å². The smallest absolute Gasteiger partial charge is 0.155 e. The fourth-order valence-electron chi connectivity index (χ4n) is 1.75. The number of rotatable bonds is 14. The van der Waals surface area contributed by atoms with Gasteiger partial charge in [-0.2, -0.15) is 0 Å². The van der Waals surface area contributed by atoms with Crippen LogP contribution in [0.5, 0.6) is 5.75 Å². The second-order valence-electron chi connectivity index (χ2n) is 4.88. The van der Waals surface area contributed by atoms with E-state index in [0.29, 0.717) is 39.6 Å². The second-order valence-corrected chi connectivity index (χ2v) is 4.88. The standard InChI is InChI=1S/C17H27NO5.C2H6/c1-3-18-16-4-6-17(7-5-16)23-13-12-21-9-8-20-10-11-22-14-15(2)19;1-2/h4-7,18H,3,8-14H2,1-2H3;1-2H3. The van der Waals surface area contributed by atoms with E-state index in [0.717, 1.165) is 18.0 Å². The van der Waals surface area contributed by atoms with E-state index in [2.05, 4.69) is 12.2 Å². The lowest BCUT2D eigenvalue weighted by molar-refractivity contribution is -0.122. The molecule has 0 saturated heterocycles. The molecule has 0 aliphatic carbocycles. The lowest BCUT2D eigenvalue weighted by atomic mass is 10.3. The van der Waals surface area contributed by atoms with Crippen molar-refractivity contribution in [2.24, 2.45) is 0 Å². The minimum absolute atomic E-state index is 0.0181. The molecule has 0 fully saturated rings. The van der Waals surface area contributed by atoms with E-state index in [1.165, 1.54) is 6.92 Å². The zero-order chi connectivity index (χ0) is 18.8. The number of nitrogens with one attached hydrogen (secondary N) is 1. The first kappa shape index (κ1) is 23.4. The number of anilines is 1. The molecule has 0 atom stereocenters. The number of hydrogen-bond acceptors (Lipinski definition) is 6. The van der Waals surface area contributed by atoms with Crippen molar-refractivity contribution in [3.63, 3.8) is 0 Å². The van der Waals surface area contributed by atoms with Crippen molar-refractivity contribution in [1.29, 1.82) is 0 Å². The van der Waals surface area contributed by atoms with Gasteiger partial charge >= 0.3 is 0 Å². The van der Waals surface area contributed by atoms with Gasteiger partial charge in [-0.1, -0.05) is 13.8 Å². The maximum absolute atomic E-state index is 10.6. The number of ether oxygens (including phenoxy) is 4. The van der Waals surface area contributed by atoms with E-state index in [9.17, 15) is 4.79 Å². The molecule has 0 unspecified atom stereocenters. The highest BCUT2D eigenvalue weighted by molar-refractivity contribution is 5.76. The molecule has 1 N–H and O–H groups in total. The van der Waals surface area contributed by atoms with Crippen LogP contribution in [0.15, 0.2) is 24.3 Å². The molecule has 0 heterocycles. The van der Waals surface area contributed by atoms with E-state index in [-0.39, 0.29) is 12.4 Å². The third-order valence-electron chi connectivity index (χ3n) is 2.78. The Hall–Kier alpha value is -1.63. The van der Waals surface area contributed by atoms with Crippen LogP contribution in [0.25, 0.3) is 0 Å². The molecule has 0 bridgehead atoms. The van der Waals surface area contributed by atoms with Crippen LogP contribution in [0.2, 0.25) is 0 Å². The summed E-state index contributed by atoms with van der Waals surface area (Å²) in [6, 6.07) is 7.84. The molecule has 1 rings (SSSR count). The molecule has 0 aromatic heterocycles. The van der Waals surface area contributed by atoms with E-state index >= 15 is 0 Å². The van der Waals surface area contributed by atoms with Crippen LogP contribution in [0, 0.1) is 0 Å². The molecule has 6 heteroatoms. The molecular weight excluding hydrogens is 322 g/mol. The predicted molar refractivity (Wildman–Crippen MR) is 101 cm³/mol. The number of Topliss-reactive ketones (excluding diaryl/α,β-unsaturated/α-hetero) is 1. The first-order valence-corrected chi connectivity index (χ1v) is 8.91. The number of hydrogen-bond donors (Lipinski definition) is 1. The fraction of sp³-hybridized carbons (Fsp3) is 0.632. The summed E-state index contributed by atoms with van der Waals surface area (Å²) in [4.78, 5) is 10.6. The largest absolute Gasteiger partial charge is 0.491 e. The van der Waals surface area contributed by atoms with Crippen molar-refractivity contribution in [2.75, 3.05) is 58.1 Å². The van der Waals surface area contributed by atoms with Gasteiger partial charge in [-0.3, -0.25) is 4.79 Å². The van der Waals surface area contributed by atoms with E-state index in [1.807, 2.05) is 38.1 Å². The van der Waals surface area contributed by atoms with Crippen LogP contribution >= 0.6 is 0 Å². The summed E-state index contributed by atoms with van der Waals surface area (Å²) < 4.78 is 21.4. The van der Waals surface area contributed by atoms with Crippen molar-refractivity contribution in [3.05, 3.63) is 24.3 Å². The molecule has 0 radical (unpaired) electrons. The van der Waals surface area contributed by atoms with Crippen molar-refractivity contribution in [1.82, 2.24) is 0 Å². The number of ketones is 1. The Morgan fingerprint density at radius 3 is 1.92 bits per heavy atom. The Bertz CT molecular complexity index is 422. The summed E-state index contributed by atoms with van der Waals surface area (Å²) >= 11 is 0. The van der Waals surface area contributed by atoms with Crippen molar-refractivity contribution >= 4 is 11.5 Å². The Balaban J connectivity index is 0.00000277. The lowest BCUT2D eigenvalue weighted by Crippen LogP contribution is -2.14. The Kier molecular flexibility index (Phi) is 16.1. The summed E-state index contributed by atoms with van der Waals surface area (Å²) in [7, 11) is 0.